The Kier molecular flexibility index (Phi) is 5.98. The first-order valence-electron chi connectivity index (χ1n) is 6.27. The normalized spacial score (nSPS) is 10.8. The molecule has 0 aromatic heterocycles. The fraction of sp³-hybridized carbons (Fsp3) is 0.400. The zero-order chi connectivity index (χ0) is 13.4. The molecule has 0 atom stereocenters. The second kappa shape index (κ2) is 7.54. The maximum absolute atomic E-state index is 11.1. The Bertz CT molecular complexity index is 422. The van der Waals surface area contributed by atoms with Crippen LogP contribution in [0.2, 0.25) is 0 Å². The van der Waals surface area contributed by atoms with Crippen LogP contribution in [0.4, 0.5) is 0 Å². The van der Waals surface area contributed by atoms with Crippen molar-refractivity contribution >= 4 is 5.78 Å². The molecule has 0 radical (unpaired) electrons. The molecule has 1 aromatic rings. The average Bonchev–Trinajstić information content (AvgIpc) is 2.33. The van der Waals surface area contributed by atoms with E-state index >= 15 is 0 Å². The van der Waals surface area contributed by atoms with E-state index in [4.69, 9.17) is 4.74 Å². The van der Waals surface area contributed by atoms with Gasteiger partial charge < -0.3 is 9.84 Å². The fourth-order valence-corrected chi connectivity index (χ4v) is 1.55. The van der Waals surface area contributed by atoms with Crippen molar-refractivity contribution in [3.05, 3.63) is 35.9 Å². The monoisotopic (exact) mass is 248 g/mol. The third-order valence-corrected chi connectivity index (χ3v) is 2.59. The Morgan fingerprint density at radius 2 is 2.17 bits per heavy atom. The van der Waals surface area contributed by atoms with E-state index in [1.54, 1.807) is 12.1 Å². The van der Waals surface area contributed by atoms with Crippen LogP contribution in [0.3, 0.4) is 0 Å². The Hall–Kier alpha value is -1.77. The number of Topliss-reactive ketones (excluding diaryl/α,β-unsaturated/α-hetero) is 1. The van der Waals surface area contributed by atoms with E-state index < -0.39 is 0 Å². The molecule has 0 aliphatic heterocycles. The summed E-state index contributed by atoms with van der Waals surface area (Å²) < 4.78 is 5.44. The van der Waals surface area contributed by atoms with Gasteiger partial charge in [0.15, 0.2) is 5.78 Å². The van der Waals surface area contributed by atoms with Crippen LogP contribution in [0.25, 0.3) is 0 Å². The predicted octanol–water partition coefficient (Wildman–Crippen LogP) is 3.72. The number of aromatic hydroxyl groups is 1. The molecular weight excluding hydrogens is 228 g/mol. The van der Waals surface area contributed by atoms with Gasteiger partial charge in [-0.1, -0.05) is 31.9 Å². The highest BCUT2D eigenvalue weighted by atomic mass is 16.5. The molecular formula is C15H20O3. The average molecular weight is 248 g/mol. The highest BCUT2D eigenvalue weighted by Gasteiger charge is 2.06. The van der Waals surface area contributed by atoms with Gasteiger partial charge in [-0.15, -0.1) is 0 Å². The Balaban J connectivity index is 2.46. The number of ketones is 1. The first-order chi connectivity index (χ1) is 8.65. The minimum absolute atomic E-state index is 0.0324. The van der Waals surface area contributed by atoms with Gasteiger partial charge >= 0.3 is 0 Å². The van der Waals surface area contributed by atoms with Crippen LogP contribution in [0, 0.1) is 0 Å². The first kappa shape index (κ1) is 14.3. The summed E-state index contributed by atoms with van der Waals surface area (Å²) in [7, 11) is 0. The number of rotatable bonds is 7. The van der Waals surface area contributed by atoms with E-state index in [0.29, 0.717) is 17.9 Å². The molecule has 0 fully saturated rings. The smallest absolute Gasteiger partial charge is 0.163 e. The molecule has 98 valence electrons. The van der Waals surface area contributed by atoms with Crippen LogP contribution >= 0.6 is 0 Å². The van der Waals surface area contributed by atoms with Gasteiger partial charge in [-0.2, -0.15) is 0 Å². The molecule has 0 aliphatic rings. The van der Waals surface area contributed by atoms with Crippen LogP contribution in [0.5, 0.6) is 11.5 Å². The van der Waals surface area contributed by atoms with Gasteiger partial charge in [-0.25, -0.2) is 0 Å². The quantitative estimate of drug-likeness (QED) is 0.454. The summed E-state index contributed by atoms with van der Waals surface area (Å²) in [6.07, 6.45) is 7.49. The molecule has 0 aliphatic carbocycles. The summed E-state index contributed by atoms with van der Waals surface area (Å²) in [6.45, 7) is 4.05. The van der Waals surface area contributed by atoms with Gasteiger partial charge in [-0.05, 0) is 25.5 Å². The molecule has 0 saturated heterocycles. The van der Waals surface area contributed by atoms with Crippen molar-refractivity contribution < 1.29 is 14.6 Å². The molecule has 0 heterocycles. The molecule has 0 bridgehead atoms. The van der Waals surface area contributed by atoms with Gasteiger partial charge in [0.25, 0.3) is 0 Å². The number of hydrogen-bond donors (Lipinski definition) is 1. The van der Waals surface area contributed by atoms with Crippen molar-refractivity contribution in [2.75, 3.05) is 6.61 Å². The van der Waals surface area contributed by atoms with E-state index in [-0.39, 0.29) is 11.5 Å². The lowest BCUT2D eigenvalue weighted by molar-refractivity contribution is 0.101. The number of carbonyl (C=O) groups excluding carboxylic acids is 1. The van der Waals surface area contributed by atoms with Gasteiger partial charge in [0.1, 0.15) is 18.1 Å². The highest BCUT2D eigenvalue weighted by Crippen LogP contribution is 2.23. The first-order valence-corrected chi connectivity index (χ1v) is 6.27. The molecule has 0 amide bonds. The number of unbranched alkanes of at least 4 members (excludes halogenated alkanes) is 2. The maximum atomic E-state index is 11.1. The summed E-state index contributed by atoms with van der Waals surface area (Å²) in [5, 5.41) is 9.62. The minimum atomic E-state index is -0.154. The number of hydrogen-bond acceptors (Lipinski definition) is 3. The van der Waals surface area contributed by atoms with Crippen LogP contribution in [0.1, 0.15) is 43.5 Å². The molecule has 0 spiro atoms. The molecule has 1 aromatic carbocycles. The third-order valence-electron chi connectivity index (χ3n) is 2.59. The maximum Gasteiger partial charge on any atom is 0.163 e. The van der Waals surface area contributed by atoms with E-state index in [1.165, 1.54) is 25.8 Å². The van der Waals surface area contributed by atoms with E-state index in [0.717, 1.165) is 6.42 Å². The standard InChI is InChI=1S/C15H20O3/c1-3-4-5-6-7-10-18-13-8-9-14(12(2)16)15(17)11-13/h6-9,11,17H,3-5,10H2,1-2H3. The molecule has 3 nitrogen and oxygen atoms in total. The molecule has 3 heteroatoms. The molecule has 1 rings (SSSR count). The fourth-order valence-electron chi connectivity index (χ4n) is 1.55. The summed E-state index contributed by atoms with van der Waals surface area (Å²) >= 11 is 0. The highest BCUT2D eigenvalue weighted by molar-refractivity contribution is 5.96. The number of carbonyl (C=O) groups is 1. The number of phenols is 1. The van der Waals surface area contributed by atoms with Crippen molar-refractivity contribution in [2.24, 2.45) is 0 Å². The minimum Gasteiger partial charge on any atom is -0.507 e. The predicted molar refractivity (Wildman–Crippen MR) is 72.3 cm³/mol. The summed E-state index contributed by atoms with van der Waals surface area (Å²) in [4.78, 5) is 11.1. The SMILES string of the molecule is CCCCC=CCOc1ccc(C(C)=O)c(O)c1. The second-order valence-electron chi connectivity index (χ2n) is 4.16. The van der Waals surface area contributed by atoms with E-state index in [2.05, 4.69) is 13.0 Å². The molecule has 0 saturated carbocycles. The lowest BCUT2D eigenvalue weighted by atomic mass is 10.1. The van der Waals surface area contributed by atoms with Crippen molar-refractivity contribution in [3.63, 3.8) is 0 Å². The number of phenolic OH excluding ortho intramolecular Hbond substituents is 1. The summed E-state index contributed by atoms with van der Waals surface area (Å²) in [5.41, 5.74) is 0.320. The molecule has 18 heavy (non-hydrogen) atoms. The van der Waals surface area contributed by atoms with Crippen LogP contribution in [0.15, 0.2) is 30.4 Å². The lowest BCUT2D eigenvalue weighted by Crippen LogP contribution is -1.96. The van der Waals surface area contributed by atoms with Crippen molar-refractivity contribution in [3.8, 4) is 11.5 Å². The third kappa shape index (κ3) is 4.62. The van der Waals surface area contributed by atoms with Crippen molar-refractivity contribution in [1.29, 1.82) is 0 Å². The zero-order valence-electron chi connectivity index (χ0n) is 11.0. The molecule has 1 N–H and O–H groups in total. The Morgan fingerprint density at radius 3 is 2.78 bits per heavy atom. The van der Waals surface area contributed by atoms with Crippen molar-refractivity contribution in [2.45, 2.75) is 33.1 Å². The van der Waals surface area contributed by atoms with Crippen LogP contribution < -0.4 is 4.74 Å². The summed E-state index contributed by atoms with van der Waals surface area (Å²) in [6, 6.07) is 4.74. The van der Waals surface area contributed by atoms with Crippen molar-refractivity contribution in [1.82, 2.24) is 0 Å². The Labute approximate surface area is 108 Å². The van der Waals surface area contributed by atoms with Gasteiger partial charge in [0.2, 0.25) is 0 Å². The lowest BCUT2D eigenvalue weighted by Gasteiger charge is -2.05. The number of benzene rings is 1. The molecule has 0 unspecified atom stereocenters. The van der Waals surface area contributed by atoms with Gasteiger partial charge in [0, 0.05) is 6.07 Å². The zero-order valence-corrected chi connectivity index (χ0v) is 11.0. The second-order valence-corrected chi connectivity index (χ2v) is 4.16. The number of allylic oxidation sites excluding steroid dienone is 1. The van der Waals surface area contributed by atoms with Crippen LogP contribution in [-0.4, -0.2) is 17.5 Å². The van der Waals surface area contributed by atoms with E-state index in [9.17, 15) is 9.90 Å². The topological polar surface area (TPSA) is 46.5 Å². The number of ether oxygens (including phenoxy) is 1. The largest absolute Gasteiger partial charge is 0.507 e. The van der Waals surface area contributed by atoms with E-state index in [1.807, 2.05) is 6.08 Å². The van der Waals surface area contributed by atoms with Gasteiger partial charge in [0.05, 0.1) is 5.56 Å². The summed E-state index contributed by atoms with van der Waals surface area (Å²) in [5.74, 6) is 0.381. The van der Waals surface area contributed by atoms with Gasteiger partial charge in [-0.3, -0.25) is 4.79 Å². The Morgan fingerprint density at radius 1 is 1.39 bits per heavy atom. The van der Waals surface area contributed by atoms with Crippen LogP contribution in [-0.2, 0) is 0 Å².